The number of hydrogen-bond acceptors (Lipinski definition) is 7. The molecule has 0 saturated carbocycles. The summed E-state index contributed by atoms with van der Waals surface area (Å²) in [5, 5.41) is 12.7. The Morgan fingerprint density at radius 1 is 1.12 bits per heavy atom. The minimum Gasteiger partial charge on any atom is -0.467 e. The van der Waals surface area contributed by atoms with E-state index in [1.165, 1.54) is 18.9 Å². The van der Waals surface area contributed by atoms with Crippen molar-refractivity contribution in [3.05, 3.63) is 65.2 Å². The Labute approximate surface area is 207 Å². The number of hydrogen-bond donors (Lipinski definition) is 1. The highest BCUT2D eigenvalue weighted by Gasteiger charge is 2.25. The second-order valence-electron chi connectivity index (χ2n) is 7.91. The van der Waals surface area contributed by atoms with Gasteiger partial charge < -0.3 is 15.0 Å². The van der Waals surface area contributed by atoms with Crippen molar-refractivity contribution >= 4 is 41.2 Å². The number of rotatable bonds is 9. The van der Waals surface area contributed by atoms with Gasteiger partial charge in [0, 0.05) is 24.5 Å². The molecule has 1 saturated heterocycles. The third-order valence-corrected chi connectivity index (χ3v) is 6.67. The molecule has 1 N–H and O–H groups in total. The summed E-state index contributed by atoms with van der Waals surface area (Å²) in [4.78, 5) is 27.2. The van der Waals surface area contributed by atoms with E-state index >= 15 is 0 Å². The zero-order valence-electron chi connectivity index (χ0n) is 18.8. The molecule has 1 amide bonds. The van der Waals surface area contributed by atoms with Gasteiger partial charge in [0.2, 0.25) is 11.9 Å². The zero-order valence-corrected chi connectivity index (χ0v) is 20.4. The van der Waals surface area contributed by atoms with Gasteiger partial charge in [0.05, 0.1) is 18.6 Å². The van der Waals surface area contributed by atoms with E-state index in [9.17, 15) is 9.59 Å². The Kier molecular flexibility index (Phi) is 8.08. The van der Waals surface area contributed by atoms with Crippen molar-refractivity contribution in [2.24, 2.45) is 0 Å². The Morgan fingerprint density at radius 2 is 1.88 bits per heavy atom. The smallest absolute Gasteiger partial charge is 0.328 e. The Morgan fingerprint density at radius 3 is 2.59 bits per heavy atom. The topological polar surface area (TPSA) is 89.3 Å². The maximum absolute atomic E-state index is 12.8. The first-order valence-electron chi connectivity index (χ1n) is 11.1. The number of benzene rings is 2. The molecule has 0 aliphatic carbocycles. The van der Waals surface area contributed by atoms with Gasteiger partial charge in [0.25, 0.3) is 0 Å². The van der Waals surface area contributed by atoms with Crippen molar-refractivity contribution in [3.63, 3.8) is 0 Å². The average Bonchev–Trinajstić information content (AvgIpc) is 3.52. The molecular formula is C24H26ClN5O3S. The molecule has 2 aromatic carbocycles. The van der Waals surface area contributed by atoms with E-state index in [0.717, 1.165) is 43.1 Å². The Bertz CT molecular complexity index is 1130. The van der Waals surface area contributed by atoms with Crippen LogP contribution in [0.25, 0.3) is 5.69 Å². The number of esters is 1. The van der Waals surface area contributed by atoms with Crippen LogP contribution in [0.4, 0.5) is 5.95 Å². The molecule has 8 nitrogen and oxygen atoms in total. The molecule has 178 valence electrons. The summed E-state index contributed by atoms with van der Waals surface area (Å²) in [7, 11) is 1.31. The van der Waals surface area contributed by atoms with Gasteiger partial charge in [0.15, 0.2) is 5.16 Å². The lowest BCUT2D eigenvalue weighted by molar-refractivity contribution is -0.144. The molecule has 1 fully saturated rings. The molecule has 10 heteroatoms. The second kappa shape index (κ2) is 11.4. The number of thioether (sulfide) groups is 1. The molecule has 0 radical (unpaired) electrons. The monoisotopic (exact) mass is 499 g/mol. The van der Waals surface area contributed by atoms with Crippen molar-refractivity contribution in [1.29, 1.82) is 0 Å². The van der Waals surface area contributed by atoms with E-state index in [-0.39, 0.29) is 11.7 Å². The quantitative estimate of drug-likeness (QED) is 0.356. The van der Waals surface area contributed by atoms with Crippen LogP contribution in [-0.2, 0) is 20.7 Å². The van der Waals surface area contributed by atoms with Crippen LogP contribution in [0.5, 0.6) is 0 Å². The SMILES string of the molecule is COC(=O)[C@@H](Cc1ccccc1)NC(=O)CSc1nnc(N2CCCC2)n1-c1cccc(Cl)c1. The van der Waals surface area contributed by atoms with Crippen LogP contribution < -0.4 is 10.2 Å². The maximum atomic E-state index is 12.8. The summed E-state index contributed by atoms with van der Waals surface area (Å²) >= 11 is 7.50. The third-order valence-electron chi connectivity index (χ3n) is 5.51. The second-order valence-corrected chi connectivity index (χ2v) is 9.29. The summed E-state index contributed by atoms with van der Waals surface area (Å²) in [6.45, 7) is 1.81. The highest BCUT2D eigenvalue weighted by Crippen LogP contribution is 2.29. The van der Waals surface area contributed by atoms with Gasteiger partial charge in [0.1, 0.15) is 6.04 Å². The van der Waals surface area contributed by atoms with Crippen LogP contribution in [-0.4, -0.2) is 58.6 Å². The van der Waals surface area contributed by atoms with Gasteiger partial charge in [-0.05, 0) is 36.6 Å². The molecule has 2 heterocycles. The largest absolute Gasteiger partial charge is 0.467 e. The standard InChI is InChI=1S/C24H26ClN5O3S/c1-33-22(32)20(14-17-8-3-2-4-9-17)26-21(31)16-34-24-28-27-23(29-12-5-6-13-29)30(24)19-11-7-10-18(25)15-19/h2-4,7-11,15,20H,5-6,12-14,16H2,1H3,(H,26,31)/t20-/m1/s1. The number of carbonyl (C=O) groups excluding carboxylic acids is 2. The minimum atomic E-state index is -0.772. The van der Waals surface area contributed by atoms with E-state index in [0.29, 0.717) is 16.6 Å². The van der Waals surface area contributed by atoms with E-state index < -0.39 is 12.0 Å². The van der Waals surface area contributed by atoms with Crippen LogP contribution >= 0.6 is 23.4 Å². The fourth-order valence-electron chi connectivity index (χ4n) is 3.87. The Hall–Kier alpha value is -3.04. The zero-order chi connectivity index (χ0) is 23.9. The van der Waals surface area contributed by atoms with Gasteiger partial charge >= 0.3 is 5.97 Å². The highest BCUT2D eigenvalue weighted by molar-refractivity contribution is 7.99. The van der Waals surface area contributed by atoms with Crippen molar-refractivity contribution in [3.8, 4) is 5.69 Å². The number of ether oxygens (including phenoxy) is 1. The number of anilines is 1. The molecule has 0 bridgehead atoms. The summed E-state index contributed by atoms with van der Waals surface area (Å²) in [6.07, 6.45) is 2.55. The predicted molar refractivity (Wildman–Crippen MR) is 133 cm³/mol. The first-order valence-corrected chi connectivity index (χ1v) is 12.4. The molecule has 34 heavy (non-hydrogen) atoms. The Balaban J connectivity index is 1.49. The van der Waals surface area contributed by atoms with Gasteiger partial charge in [-0.3, -0.25) is 9.36 Å². The minimum absolute atomic E-state index is 0.0704. The first-order chi connectivity index (χ1) is 16.5. The lowest BCUT2D eigenvalue weighted by atomic mass is 10.1. The maximum Gasteiger partial charge on any atom is 0.328 e. The predicted octanol–water partition coefficient (Wildman–Crippen LogP) is 3.51. The third kappa shape index (κ3) is 5.90. The summed E-state index contributed by atoms with van der Waals surface area (Å²) in [5.74, 6) is 0.0283. The molecule has 1 atom stereocenters. The van der Waals surface area contributed by atoms with Crippen molar-refractivity contribution in [1.82, 2.24) is 20.1 Å². The molecule has 0 unspecified atom stereocenters. The normalized spacial score (nSPS) is 14.1. The fraction of sp³-hybridized carbons (Fsp3) is 0.333. The van der Waals surface area contributed by atoms with Gasteiger partial charge in [-0.15, -0.1) is 10.2 Å². The molecule has 1 aromatic heterocycles. The number of halogens is 1. The van der Waals surface area contributed by atoms with Crippen LogP contribution in [0, 0.1) is 0 Å². The van der Waals surface area contributed by atoms with Crippen LogP contribution in [0.2, 0.25) is 5.02 Å². The van der Waals surface area contributed by atoms with Gasteiger partial charge in [-0.25, -0.2) is 4.79 Å². The fourth-order valence-corrected chi connectivity index (χ4v) is 4.81. The lowest BCUT2D eigenvalue weighted by Crippen LogP contribution is -2.43. The van der Waals surface area contributed by atoms with Gasteiger partial charge in [-0.1, -0.05) is 59.8 Å². The number of methoxy groups -OCH3 is 1. The van der Waals surface area contributed by atoms with E-state index in [1.54, 1.807) is 0 Å². The molecule has 1 aliphatic rings. The molecule has 4 rings (SSSR count). The van der Waals surface area contributed by atoms with E-state index in [2.05, 4.69) is 20.4 Å². The molecular weight excluding hydrogens is 474 g/mol. The number of carbonyl (C=O) groups is 2. The molecule has 1 aliphatic heterocycles. The van der Waals surface area contributed by atoms with E-state index in [4.69, 9.17) is 16.3 Å². The van der Waals surface area contributed by atoms with Crippen molar-refractivity contribution < 1.29 is 14.3 Å². The lowest BCUT2D eigenvalue weighted by Gasteiger charge is -2.19. The van der Waals surface area contributed by atoms with E-state index in [1.807, 2.05) is 59.2 Å². The first kappa shape index (κ1) is 24.1. The van der Waals surface area contributed by atoms with Crippen LogP contribution in [0.1, 0.15) is 18.4 Å². The van der Waals surface area contributed by atoms with Crippen molar-refractivity contribution in [2.75, 3.05) is 30.9 Å². The molecule has 3 aromatic rings. The summed E-state index contributed by atoms with van der Waals surface area (Å²) in [6, 6.07) is 16.2. The number of amides is 1. The summed E-state index contributed by atoms with van der Waals surface area (Å²) < 4.78 is 6.82. The van der Waals surface area contributed by atoms with Gasteiger partial charge in [-0.2, -0.15) is 0 Å². The molecule has 0 spiro atoms. The van der Waals surface area contributed by atoms with Crippen molar-refractivity contribution in [2.45, 2.75) is 30.5 Å². The highest BCUT2D eigenvalue weighted by atomic mass is 35.5. The number of nitrogens with zero attached hydrogens (tertiary/aromatic N) is 4. The van der Waals surface area contributed by atoms with Crippen LogP contribution in [0.3, 0.4) is 0 Å². The average molecular weight is 500 g/mol. The summed E-state index contributed by atoms with van der Waals surface area (Å²) in [5.41, 5.74) is 1.76. The number of nitrogens with one attached hydrogen (secondary N) is 1. The van der Waals surface area contributed by atoms with Crippen LogP contribution in [0.15, 0.2) is 59.8 Å². The number of aromatic nitrogens is 3.